The first-order valence-corrected chi connectivity index (χ1v) is 10.2. The molecule has 0 bridgehead atoms. The molecule has 0 aliphatic carbocycles. The van der Waals surface area contributed by atoms with Gasteiger partial charge >= 0.3 is 0 Å². The Balaban J connectivity index is 2.14. The summed E-state index contributed by atoms with van der Waals surface area (Å²) in [5.41, 5.74) is 6.39. The highest BCUT2D eigenvalue weighted by Gasteiger charge is 2.17. The van der Waals surface area contributed by atoms with E-state index in [1.165, 1.54) is 42.5 Å². The van der Waals surface area contributed by atoms with E-state index < -0.39 is 20.2 Å². The van der Waals surface area contributed by atoms with E-state index in [0.717, 1.165) is 6.07 Å². The molecule has 0 unspecified atom stereocenters. The zero-order valence-corrected chi connectivity index (χ0v) is 15.1. The molecule has 0 saturated carbocycles. The van der Waals surface area contributed by atoms with Crippen molar-refractivity contribution < 1.29 is 25.9 Å². The molecule has 4 N–H and O–H groups in total. The Morgan fingerprint density at radius 2 is 1.52 bits per heavy atom. The monoisotopic (exact) mass is 407 g/mol. The molecule has 0 radical (unpaired) electrons. The van der Waals surface area contributed by atoms with Crippen molar-refractivity contribution in [3.05, 3.63) is 54.6 Å². The van der Waals surface area contributed by atoms with Crippen LogP contribution in [0, 0.1) is 0 Å². The van der Waals surface area contributed by atoms with Gasteiger partial charge in [-0.2, -0.15) is 21.9 Å². The van der Waals surface area contributed by atoms with Crippen LogP contribution in [0.25, 0.3) is 10.8 Å². The van der Waals surface area contributed by atoms with Crippen LogP contribution in [0.5, 0.6) is 0 Å². The summed E-state index contributed by atoms with van der Waals surface area (Å²) in [6.45, 7) is 0. The quantitative estimate of drug-likeness (QED) is 0.339. The predicted octanol–water partition coefficient (Wildman–Crippen LogP) is 3.33. The predicted molar refractivity (Wildman–Crippen MR) is 98.6 cm³/mol. The lowest BCUT2D eigenvalue weighted by Crippen LogP contribution is -2.01. The summed E-state index contributed by atoms with van der Waals surface area (Å²) in [4.78, 5) is -0.697. The minimum atomic E-state index is -4.50. The molecule has 0 fully saturated rings. The van der Waals surface area contributed by atoms with Gasteiger partial charge in [-0.3, -0.25) is 9.11 Å². The Labute approximate surface area is 154 Å². The van der Waals surface area contributed by atoms with Gasteiger partial charge in [-0.05, 0) is 36.4 Å². The van der Waals surface area contributed by atoms with Gasteiger partial charge in [0, 0.05) is 16.5 Å². The maximum atomic E-state index is 11.6. The fourth-order valence-electron chi connectivity index (χ4n) is 2.50. The van der Waals surface area contributed by atoms with Crippen molar-refractivity contribution in [3.8, 4) is 0 Å². The minimum absolute atomic E-state index is 0.100. The maximum absolute atomic E-state index is 11.6. The summed E-state index contributed by atoms with van der Waals surface area (Å²) in [6.07, 6.45) is 0. The first-order valence-electron chi connectivity index (χ1n) is 7.35. The summed E-state index contributed by atoms with van der Waals surface area (Å²) in [5.74, 6) is 0. The highest BCUT2D eigenvalue weighted by Crippen LogP contribution is 2.35. The first kappa shape index (κ1) is 18.9. The molecule has 3 rings (SSSR count). The van der Waals surface area contributed by atoms with Crippen molar-refractivity contribution in [3.63, 3.8) is 0 Å². The van der Waals surface area contributed by atoms with Gasteiger partial charge in [0.2, 0.25) is 0 Å². The number of nitrogens with zero attached hydrogens (tertiary/aromatic N) is 2. The van der Waals surface area contributed by atoms with E-state index in [1.807, 2.05) is 0 Å². The average molecular weight is 407 g/mol. The number of rotatable bonds is 4. The van der Waals surface area contributed by atoms with Crippen LogP contribution in [0.3, 0.4) is 0 Å². The second kappa shape index (κ2) is 6.70. The largest absolute Gasteiger partial charge is 0.398 e. The zero-order valence-electron chi connectivity index (χ0n) is 13.5. The molecule has 3 aromatic carbocycles. The van der Waals surface area contributed by atoms with Crippen LogP contribution in [-0.2, 0) is 20.2 Å². The molecule has 0 aliphatic heterocycles. The van der Waals surface area contributed by atoms with Crippen molar-refractivity contribution >= 4 is 48.1 Å². The molecule has 9 nitrogen and oxygen atoms in total. The Hall–Kier alpha value is -2.86. The second-order valence-corrected chi connectivity index (χ2v) is 8.31. The molecule has 11 heteroatoms. The van der Waals surface area contributed by atoms with Crippen LogP contribution < -0.4 is 5.73 Å². The highest BCUT2D eigenvalue weighted by molar-refractivity contribution is 7.86. The molecule has 140 valence electrons. The molecule has 0 spiro atoms. The number of hydrogen-bond acceptors (Lipinski definition) is 7. The van der Waals surface area contributed by atoms with E-state index in [9.17, 15) is 21.4 Å². The van der Waals surface area contributed by atoms with E-state index >= 15 is 0 Å². The van der Waals surface area contributed by atoms with Crippen molar-refractivity contribution in [2.75, 3.05) is 5.73 Å². The van der Waals surface area contributed by atoms with E-state index in [1.54, 1.807) is 6.07 Å². The Kier molecular flexibility index (Phi) is 4.70. The maximum Gasteiger partial charge on any atom is 0.295 e. The zero-order chi connectivity index (χ0) is 19.8. The number of nitrogens with two attached hydrogens (primary N) is 1. The smallest absolute Gasteiger partial charge is 0.295 e. The summed E-state index contributed by atoms with van der Waals surface area (Å²) < 4.78 is 64.0. The topological polar surface area (TPSA) is 159 Å². The first-order chi connectivity index (χ1) is 12.6. The SMILES string of the molecule is Nc1ccc(N=Nc2cccc(S(=O)(=O)O)c2)c2cccc(S(=O)(=O)O)c12. The van der Waals surface area contributed by atoms with E-state index in [-0.39, 0.29) is 32.2 Å². The summed E-state index contributed by atoms with van der Waals surface area (Å²) in [6, 6.07) is 12.3. The minimum Gasteiger partial charge on any atom is -0.398 e. The Bertz CT molecular complexity index is 1280. The van der Waals surface area contributed by atoms with E-state index in [2.05, 4.69) is 10.2 Å². The van der Waals surface area contributed by atoms with Crippen LogP contribution in [0.2, 0.25) is 0 Å². The fourth-order valence-corrected chi connectivity index (χ4v) is 3.76. The summed E-state index contributed by atoms with van der Waals surface area (Å²) >= 11 is 0. The van der Waals surface area contributed by atoms with E-state index in [0.29, 0.717) is 5.39 Å². The van der Waals surface area contributed by atoms with E-state index in [4.69, 9.17) is 10.3 Å². The fraction of sp³-hybridized carbons (Fsp3) is 0. The van der Waals surface area contributed by atoms with Crippen LogP contribution in [-0.4, -0.2) is 25.9 Å². The third kappa shape index (κ3) is 3.95. The van der Waals surface area contributed by atoms with Crippen molar-refractivity contribution in [1.82, 2.24) is 0 Å². The van der Waals surface area contributed by atoms with Crippen molar-refractivity contribution in [2.24, 2.45) is 10.2 Å². The third-order valence-electron chi connectivity index (χ3n) is 3.68. The number of anilines is 1. The van der Waals surface area contributed by atoms with Gasteiger partial charge in [0.15, 0.2) is 0 Å². The molecule has 0 aromatic heterocycles. The van der Waals surface area contributed by atoms with Gasteiger partial charge in [-0.25, -0.2) is 0 Å². The lowest BCUT2D eigenvalue weighted by molar-refractivity contribution is 0.481. The molecule has 3 aromatic rings. The lowest BCUT2D eigenvalue weighted by Gasteiger charge is -2.08. The number of hydrogen-bond donors (Lipinski definition) is 3. The number of azo groups is 1. The molecule has 0 aliphatic rings. The normalized spacial score (nSPS) is 12.7. The van der Waals surface area contributed by atoms with Crippen LogP contribution >= 0.6 is 0 Å². The van der Waals surface area contributed by atoms with Gasteiger partial charge in [-0.15, -0.1) is 5.11 Å². The van der Waals surface area contributed by atoms with Crippen LogP contribution in [0.4, 0.5) is 17.1 Å². The van der Waals surface area contributed by atoms with Crippen molar-refractivity contribution in [2.45, 2.75) is 9.79 Å². The number of fused-ring (bicyclic) bond motifs is 1. The highest BCUT2D eigenvalue weighted by atomic mass is 32.2. The van der Waals surface area contributed by atoms with Gasteiger partial charge in [0.25, 0.3) is 20.2 Å². The number of nitrogen functional groups attached to an aromatic ring is 1. The van der Waals surface area contributed by atoms with Gasteiger partial charge in [0.05, 0.1) is 16.3 Å². The summed E-state index contributed by atoms with van der Waals surface area (Å²) in [7, 11) is -8.89. The average Bonchev–Trinajstić information content (AvgIpc) is 2.59. The molecular weight excluding hydrogens is 394 g/mol. The van der Waals surface area contributed by atoms with Gasteiger partial charge < -0.3 is 5.73 Å². The molecule has 0 heterocycles. The van der Waals surface area contributed by atoms with Crippen molar-refractivity contribution in [1.29, 1.82) is 0 Å². The Morgan fingerprint density at radius 1 is 0.815 bits per heavy atom. The second-order valence-electron chi connectivity index (χ2n) is 5.50. The molecular formula is C16H13N3O6S2. The summed E-state index contributed by atoms with van der Waals surface area (Å²) in [5, 5.41) is 8.36. The van der Waals surface area contributed by atoms with Crippen LogP contribution in [0.15, 0.2) is 74.6 Å². The molecule has 0 amide bonds. The Morgan fingerprint density at radius 3 is 2.19 bits per heavy atom. The van der Waals surface area contributed by atoms with Gasteiger partial charge in [0.1, 0.15) is 4.90 Å². The molecule has 27 heavy (non-hydrogen) atoms. The standard InChI is InChI=1S/C16H13N3O6S2/c17-13-7-8-14(12-5-2-6-15(16(12)13)27(23,24)25)19-18-10-3-1-4-11(9-10)26(20,21)22/h1-9H,17H2,(H,20,21,22)(H,23,24,25). The molecule has 0 saturated heterocycles. The van der Waals surface area contributed by atoms with Crippen LogP contribution in [0.1, 0.15) is 0 Å². The number of benzene rings is 3. The third-order valence-corrected chi connectivity index (χ3v) is 5.42. The van der Waals surface area contributed by atoms with Gasteiger partial charge in [-0.1, -0.05) is 18.2 Å². The lowest BCUT2D eigenvalue weighted by atomic mass is 10.1. The molecule has 0 atom stereocenters.